The number of ether oxygens (including phenoxy) is 1. The van der Waals surface area contributed by atoms with Gasteiger partial charge in [0.2, 0.25) is 0 Å². The first-order chi connectivity index (χ1) is 11.7. The Morgan fingerprint density at radius 1 is 1.44 bits per heavy atom. The molecule has 25 heavy (non-hydrogen) atoms. The highest BCUT2D eigenvalue weighted by atomic mass is 127. The number of benzene rings is 1. The first-order valence-electron chi connectivity index (χ1n) is 8.54. The number of aliphatic imine (C=N–C) groups is 1. The minimum atomic E-state index is 0. The number of nitrogens with zero attached hydrogens (tertiary/aromatic N) is 3. The smallest absolute Gasteiger partial charge is 0.193 e. The third kappa shape index (κ3) is 7.03. The van der Waals surface area contributed by atoms with E-state index < -0.39 is 0 Å². The van der Waals surface area contributed by atoms with E-state index in [1.807, 2.05) is 13.1 Å². The van der Waals surface area contributed by atoms with Crippen LogP contribution in [0.2, 0.25) is 0 Å². The molecule has 1 atom stereocenters. The maximum Gasteiger partial charge on any atom is 0.193 e. The van der Waals surface area contributed by atoms with Crippen molar-refractivity contribution < 1.29 is 4.74 Å². The quantitative estimate of drug-likeness (QED) is 0.338. The summed E-state index contributed by atoms with van der Waals surface area (Å²) in [6.07, 6.45) is 2.50. The molecule has 1 heterocycles. The fourth-order valence-corrected chi connectivity index (χ4v) is 3.59. The normalized spacial score (nSPS) is 18.1. The lowest BCUT2D eigenvalue weighted by molar-refractivity contribution is 0.141. The molecule has 0 saturated carbocycles. The second-order valence-corrected chi connectivity index (χ2v) is 7.05. The molecule has 142 valence electrons. The zero-order valence-corrected chi connectivity index (χ0v) is 19.3. The summed E-state index contributed by atoms with van der Waals surface area (Å²) in [7, 11) is 5.68. The lowest BCUT2D eigenvalue weighted by atomic mass is 10.2. The Kier molecular flexibility index (Phi) is 11.0. The van der Waals surface area contributed by atoms with Crippen molar-refractivity contribution in [2.75, 3.05) is 47.4 Å². The van der Waals surface area contributed by atoms with E-state index in [2.05, 4.69) is 61.3 Å². The molecule has 2 rings (SSSR count). The van der Waals surface area contributed by atoms with Crippen molar-refractivity contribution in [1.82, 2.24) is 15.1 Å². The summed E-state index contributed by atoms with van der Waals surface area (Å²) in [5.74, 6) is 0.935. The van der Waals surface area contributed by atoms with E-state index in [-0.39, 0.29) is 24.0 Å². The molecule has 1 aromatic rings. The summed E-state index contributed by atoms with van der Waals surface area (Å²) in [4.78, 5) is 9.11. The maximum atomic E-state index is 5.22. The third-order valence-electron chi connectivity index (χ3n) is 4.52. The number of hydrogen-bond acceptors (Lipinski definition) is 3. The largest absolute Gasteiger partial charge is 0.383 e. The molecule has 0 aliphatic carbocycles. The molecule has 1 fully saturated rings. The summed E-state index contributed by atoms with van der Waals surface area (Å²) in [5, 5.41) is 3.54. The van der Waals surface area contributed by atoms with Gasteiger partial charge in [0.1, 0.15) is 0 Å². The van der Waals surface area contributed by atoms with Gasteiger partial charge in [0.05, 0.1) is 6.61 Å². The highest BCUT2D eigenvalue weighted by Gasteiger charge is 2.24. The van der Waals surface area contributed by atoms with Crippen LogP contribution in [0.4, 0.5) is 0 Å². The molecule has 1 aliphatic rings. The van der Waals surface area contributed by atoms with Crippen LogP contribution in [0.15, 0.2) is 33.7 Å². The van der Waals surface area contributed by atoms with Crippen molar-refractivity contribution in [3.63, 3.8) is 0 Å². The molecule has 0 radical (unpaired) electrons. The number of guanidine groups is 1. The molecule has 0 aromatic heterocycles. The SMILES string of the molecule is CN=C(NCC1CCCN1CCOC)N(C)Cc1ccccc1Br.I. The second kappa shape index (κ2) is 12.1. The number of methoxy groups -OCH3 is 1. The third-order valence-corrected chi connectivity index (χ3v) is 5.29. The molecular formula is C18H30BrIN4O. The van der Waals surface area contributed by atoms with E-state index in [0.717, 1.165) is 36.7 Å². The Morgan fingerprint density at radius 2 is 2.20 bits per heavy atom. The van der Waals surface area contributed by atoms with Crippen molar-refractivity contribution >= 4 is 45.9 Å². The van der Waals surface area contributed by atoms with Crippen LogP contribution in [-0.2, 0) is 11.3 Å². The fraction of sp³-hybridized carbons (Fsp3) is 0.611. The Morgan fingerprint density at radius 3 is 2.88 bits per heavy atom. The fourth-order valence-electron chi connectivity index (χ4n) is 3.18. The molecule has 0 amide bonds. The average molecular weight is 525 g/mol. The molecule has 1 N–H and O–H groups in total. The first-order valence-corrected chi connectivity index (χ1v) is 9.33. The molecular weight excluding hydrogens is 495 g/mol. The van der Waals surface area contributed by atoms with Gasteiger partial charge in [-0.05, 0) is 31.0 Å². The van der Waals surface area contributed by atoms with Gasteiger partial charge in [0.25, 0.3) is 0 Å². The van der Waals surface area contributed by atoms with Gasteiger partial charge in [-0.3, -0.25) is 9.89 Å². The van der Waals surface area contributed by atoms with Gasteiger partial charge < -0.3 is 15.0 Å². The maximum absolute atomic E-state index is 5.22. The van der Waals surface area contributed by atoms with Crippen LogP contribution >= 0.6 is 39.9 Å². The molecule has 1 aliphatic heterocycles. The van der Waals surface area contributed by atoms with E-state index in [0.29, 0.717) is 6.04 Å². The second-order valence-electron chi connectivity index (χ2n) is 6.20. The van der Waals surface area contributed by atoms with E-state index in [4.69, 9.17) is 4.74 Å². The minimum Gasteiger partial charge on any atom is -0.383 e. The van der Waals surface area contributed by atoms with Crippen LogP contribution in [0.1, 0.15) is 18.4 Å². The van der Waals surface area contributed by atoms with Crippen LogP contribution < -0.4 is 5.32 Å². The Balaban J connectivity index is 0.00000312. The summed E-state index contributed by atoms with van der Waals surface area (Å²) in [6.45, 7) is 4.72. The monoisotopic (exact) mass is 524 g/mol. The molecule has 5 nitrogen and oxygen atoms in total. The van der Waals surface area contributed by atoms with Gasteiger partial charge in [0, 0.05) is 51.4 Å². The van der Waals surface area contributed by atoms with Gasteiger partial charge in [-0.2, -0.15) is 0 Å². The lowest BCUT2D eigenvalue weighted by Crippen LogP contribution is -2.45. The van der Waals surface area contributed by atoms with Crippen molar-refractivity contribution in [2.45, 2.75) is 25.4 Å². The van der Waals surface area contributed by atoms with Crippen LogP contribution in [0.5, 0.6) is 0 Å². The minimum absolute atomic E-state index is 0. The summed E-state index contributed by atoms with van der Waals surface area (Å²) >= 11 is 3.62. The number of rotatable bonds is 7. The van der Waals surface area contributed by atoms with Gasteiger partial charge in [-0.15, -0.1) is 24.0 Å². The molecule has 0 bridgehead atoms. The molecule has 0 spiro atoms. The Bertz CT molecular complexity index is 544. The van der Waals surface area contributed by atoms with Crippen LogP contribution in [0.25, 0.3) is 0 Å². The molecule has 1 saturated heterocycles. The topological polar surface area (TPSA) is 40.1 Å². The number of halogens is 2. The standard InChI is InChI=1S/C18H29BrN4O.HI/c1-20-18(22(2)14-15-7-4-5-9-17(15)19)21-13-16-8-6-10-23(16)11-12-24-3;/h4-5,7,9,16H,6,8,10-14H2,1-3H3,(H,20,21);1H. The van der Waals surface area contributed by atoms with Crippen LogP contribution in [0, 0.1) is 0 Å². The first kappa shape index (κ1) is 22.7. The summed E-state index contributed by atoms with van der Waals surface area (Å²) in [6, 6.07) is 8.88. The van der Waals surface area contributed by atoms with Crippen molar-refractivity contribution in [3.8, 4) is 0 Å². The lowest BCUT2D eigenvalue weighted by Gasteiger charge is -2.27. The highest BCUT2D eigenvalue weighted by Crippen LogP contribution is 2.18. The predicted molar refractivity (Wildman–Crippen MR) is 119 cm³/mol. The zero-order valence-electron chi connectivity index (χ0n) is 15.4. The van der Waals surface area contributed by atoms with Crippen molar-refractivity contribution in [2.24, 2.45) is 4.99 Å². The van der Waals surface area contributed by atoms with Gasteiger partial charge in [0.15, 0.2) is 5.96 Å². The van der Waals surface area contributed by atoms with Gasteiger partial charge >= 0.3 is 0 Å². The highest BCUT2D eigenvalue weighted by molar-refractivity contribution is 14.0. The van der Waals surface area contributed by atoms with Crippen LogP contribution in [-0.4, -0.2) is 69.2 Å². The number of likely N-dealkylation sites (tertiary alicyclic amines) is 1. The Labute approximate surface area is 177 Å². The number of hydrogen-bond donors (Lipinski definition) is 1. The van der Waals surface area contributed by atoms with E-state index in [1.165, 1.54) is 24.9 Å². The van der Waals surface area contributed by atoms with Crippen LogP contribution in [0.3, 0.4) is 0 Å². The predicted octanol–water partition coefficient (Wildman–Crippen LogP) is 3.19. The Hall–Kier alpha value is -0.380. The summed E-state index contributed by atoms with van der Waals surface area (Å²) in [5.41, 5.74) is 1.26. The van der Waals surface area contributed by atoms with Crippen molar-refractivity contribution in [1.29, 1.82) is 0 Å². The molecule has 1 aromatic carbocycles. The van der Waals surface area contributed by atoms with E-state index in [1.54, 1.807) is 7.11 Å². The molecule has 1 unspecified atom stereocenters. The van der Waals surface area contributed by atoms with E-state index >= 15 is 0 Å². The van der Waals surface area contributed by atoms with Gasteiger partial charge in [-0.25, -0.2) is 0 Å². The van der Waals surface area contributed by atoms with Gasteiger partial charge in [-0.1, -0.05) is 34.1 Å². The zero-order chi connectivity index (χ0) is 17.4. The molecule has 7 heteroatoms. The average Bonchev–Trinajstić information content (AvgIpc) is 3.03. The van der Waals surface area contributed by atoms with E-state index in [9.17, 15) is 0 Å². The number of nitrogens with one attached hydrogen (secondary N) is 1. The van der Waals surface area contributed by atoms with Crippen molar-refractivity contribution in [3.05, 3.63) is 34.3 Å². The summed E-state index contributed by atoms with van der Waals surface area (Å²) < 4.78 is 6.35.